The second-order valence-electron chi connectivity index (χ2n) is 2.86. The zero-order valence-electron chi connectivity index (χ0n) is 6.76. The topological polar surface area (TPSA) is 37.3 Å². The fourth-order valence-electron chi connectivity index (χ4n) is 1.12. The summed E-state index contributed by atoms with van der Waals surface area (Å²) in [4.78, 5) is 10.5. The van der Waals surface area contributed by atoms with Gasteiger partial charge in [0.15, 0.2) is 0 Å². The number of rotatable bonds is 1. The monoisotopic (exact) mass is 172 g/mol. The minimum Gasteiger partial charge on any atom is -0.478 e. The van der Waals surface area contributed by atoms with Crippen LogP contribution in [0.25, 0.3) is 0 Å². The lowest BCUT2D eigenvalue weighted by Crippen LogP contribution is -2.01. The molecule has 0 radical (unpaired) electrons. The average Bonchev–Trinajstić information content (AvgIpc) is 2.34. The van der Waals surface area contributed by atoms with Gasteiger partial charge in [-0.15, -0.1) is 0 Å². The Balaban J connectivity index is 2.73. The number of hydrogen-bond donors (Lipinski definition) is 1. The summed E-state index contributed by atoms with van der Waals surface area (Å²) < 4.78 is 0. The highest BCUT2D eigenvalue weighted by atomic mass is 32.2. The van der Waals surface area contributed by atoms with Crippen LogP contribution in [0.3, 0.4) is 0 Å². The van der Waals surface area contributed by atoms with Crippen LogP contribution in [0.2, 0.25) is 0 Å². The lowest BCUT2D eigenvalue weighted by molar-refractivity contribution is -0.132. The van der Waals surface area contributed by atoms with E-state index in [1.165, 1.54) is 0 Å². The molecule has 1 N–H and O–H groups in total. The van der Waals surface area contributed by atoms with Crippen molar-refractivity contribution < 1.29 is 9.90 Å². The molecule has 1 unspecified atom stereocenters. The van der Waals surface area contributed by atoms with Gasteiger partial charge in [0.05, 0.1) is 0 Å². The highest BCUT2D eigenvalue weighted by molar-refractivity contribution is 8.00. The van der Waals surface area contributed by atoms with E-state index in [1.54, 1.807) is 6.92 Å². The van der Waals surface area contributed by atoms with E-state index in [1.807, 2.05) is 11.8 Å². The lowest BCUT2D eigenvalue weighted by atomic mass is 10.1. The van der Waals surface area contributed by atoms with Crippen molar-refractivity contribution in [1.29, 1.82) is 0 Å². The van der Waals surface area contributed by atoms with Crippen LogP contribution in [-0.4, -0.2) is 22.1 Å². The van der Waals surface area contributed by atoms with E-state index in [2.05, 4.69) is 6.92 Å². The molecule has 1 atom stereocenters. The molecule has 0 amide bonds. The molecule has 0 aromatic heterocycles. The maximum atomic E-state index is 10.5. The summed E-state index contributed by atoms with van der Waals surface area (Å²) in [7, 11) is 0. The normalized spacial score (nSPS) is 28.7. The van der Waals surface area contributed by atoms with Crippen LogP contribution in [0.4, 0.5) is 0 Å². The predicted molar refractivity (Wildman–Crippen MR) is 46.9 cm³/mol. The van der Waals surface area contributed by atoms with Crippen LogP contribution in [0.5, 0.6) is 0 Å². The molecule has 1 fully saturated rings. The third-order valence-corrected chi connectivity index (χ3v) is 3.18. The molecule has 0 aromatic rings. The summed E-state index contributed by atoms with van der Waals surface area (Å²) in [6.45, 7) is 3.82. The molecule has 11 heavy (non-hydrogen) atoms. The first kappa shape index (κ1) is 8.65. The van der Waals surface area contributed by atoms with Gasteiger partial charge >= 0.3 is 5.97 Å². The molecule has 2 nitrogen and oxygen atoms in total. The Hall–Kier alpha value is -0.440. The van der Waals surface area contributed by atoms with E-state index < -0.39 is 5.97 Å². The first-order valence-electron chi connectivity index (χ1n) is 3.64. The molecule has 3 heteroatoms. The molecular weight excluding hydrogens is 160 g/mol. The van der Waals surface area contributed by atoms with E-state index in [4.69, 9.17) is 5.11 Å². The molecule has 0 spiro atoms. The Morgan fingerprint density at radius 2 is 2.36 bits per heavy atom. The molecular formula is C8H12O2S. The molecule has 1 heterocycles. The van der Waals surface area contributed by atoms with Crippen molar-refractivity contribution in [2.45, 2.75) is 25.5 Å². The number of carboxylic acid groups (broad SMARTS) is 1. The molecule has 0 bridgehead atoms. The van der Waals surface area contributed by atoms with Crippen LogP contribution in [0.15, 0.2) is 11.1 Å². The molecule has 1 aliphatic heterocycles. The van der Waals surface area contributed by atoms with Crippen molar-refractivity contribution in [3.05, 3.63) is 11.1 Å². The molecule has 1 saturated heterocycles. The molecule has 1 rings (SSSR count). The van der Waals surface area contributed by atoms with Gasteiger partial charge in [-0.05, 0) is 18.9 Å². The largest absolute Gasteiger partial charge is 0.478 e. The average molecular weight is 172 g/mol. The van der Waals surface area contributed by atoms with Crippen molar-refractivity contribution in [2.24, 2.45) is 0 Å². The Morgan fingerprint density at radius 3 is 2.73 bits per heavy atom. The van der Waals surface area contributed by atoms with Gasteiger partial charge in [-0.1, -0.05) is 6.92 Å². The third kappa shape index (κ3) is 1.99. The minimum atomic E-state index is -0.769. The summed E-state index contributed by atoms with van der Waals surface area (Å²) in [5.41, 5.74) is 1.65. The number of thioether (sulfide) groups is 1. The van der Waals surface area contributed by atoms with Gasteiger partial charge in [-0.2, -0.15) is 11.8 Å². The zero-order chi connectivity index (χ0) is 8.43. The first-order chi connectivity index (χ1) is 5.11. The highest BCUT2D eigenvalue weighted by Crippen LogP contribution is 2.32. The van der Waals surface area contributed by atoms with E-state index in [9.17, 15) is 4.79 Å². The summed E-state index contributed by atoms with van der Waals surface area (Å²) in [6.07, 6.45) is 0.947. The molecule has 0 aliphatic carbocycles. The van der Waals surface area contributed by atoms with Gasteiger partial charge in [0.2, 0.25) is 0 Å². The summed E-state index contributed by atoms with van der Waals surface area (Å²) in [5, 5.41) is 9.26. The van der Waals surface area contributed by atoms with E-state index in [0.29, 0.717) is 10.8 Å². The number of carbonyl (C=O) groups is 1. The van der Waals surface area contributed by atoms with Crippen molar-refractivity contribution in [3.63, 3.8) is 0 Å². The second-order valence-corrected chi connectivity index (χ2v) is 4.29. The highest BCUT2D eigenvalue weighted by Gasteiger charge is 2.19. The van der Waals surface area contributed by atoms with Gasteiger partial charge < -0.3 is 5.11 Å². The maximum Gasteiger partial charge on any atom is 0.331 e. The molecule has 1 aliphatic rings. The Kier molecular flexibility index (Phi) is 2.60. The molecule has 0 saturated carbocycles. The number of aliphatic carboxylic acids is 1. The summed E-state index contributed by atoms with van der Waals surface area (Å²) in [5.74, 6) is 0.133. The lowest BCUT2D eigenvalue weighted by Gasteiger charge is -1.98. The van der Waals surface area contributed by atoms with Gasteiger partial charge in [-0.3, -0.25) is 0 Å². The van der Waals surface area contributed by atoms with Crippen LogP contribution in [0.1, 0.15) is 20.3 Å². The molecule has 62 valence electrons. The van der Waals surface area contributed by atoms with Crippen molar-refractivity contribution in [2.75, 3.05) is 5.75 Å². The van der Waals surface area contributed by atoms with Gasteiger partial charge in [0.1, 0.15) is 0 Å². The van der Waals surface area contributed by atoms with Gasteiger partial charge in [-0.25, -0.2) is 4.79 Å². The maximum absolute atomic E-state index is 10.5. The van der Waals surface area contributed by atoms with Crippen molar-refractivity contribution in [1.82, 2.24) is 0 Å². The van der Waals surface area contributed by atoms with Crippen LogP contribution in [-0.2, 0) is 4.79 Å². The fraction of sp³-hybridized carbons (Fsp3) is 0.625. The predicted octanol–water partition coefficient (Wildman–Crippen LogP) is 1.91. The summed E-state index contributed by atoms with van der Waals surface area (Å²) in [6, 6.07) is 0. The first-order valence-corrected chi connectivity index (χ1v) is 4.69. The second kappa shape index (κ2) is 3.30. The van der Waals surface area contributed by atoms with Gasteiger partial charge in [0, 0.05) is 16.6 Å². The van der Waals surface area contributed by atoms with Crippen molar-refractivity contribution in [3.8, 4) is 0 Å². The van der Waals surface area contributed by atoms with Crippen molar-refractivity contribution >= 4 is 17.7 Å². The standard InChI is InChI=1S/C8H12O2S/c1-5-3-7(4-11-5)6(2)8(9)10/h5H,3-4H2,1-2H3,(H,9,10). The van der Waals surface area contributed by atoms with E-state index in [0.717, 1.165) is 17.7 Å². The SMILES string of the molecule is CC(C(=O)O)=C1CSC(C)C1. The molecule has 0 aromatic carbocycles. The third-order valence-electron chi connectivity index (χ3n) is 1.93. The van der Waals surface area contributed by atoms with Crippen LogP contribution < -0.4 is 0 Å². The zero-order valence-corrected chi connectivity index (χ0v) is 7.57. The fourth-order valence-corrected chi connectivity index (χ4v) is 2.26. The number of hydrogen-bond acceptors (Lipinski definition) is 2. The van der Waals surface area contributed by atoms with Gasteiger partial charge in [0.25, 0.3) is 0 Å². The smallest absolute Gasteiger partial charge is 0.331 e. The Labute approximate surface area is 70.7 Å². The van der Waals surface area contributed by atoms with Crippen LogP contribution in [0, 0.1) is 0 Å². The quantitative estimate of drug-likeness (QED) is 0.614. The Bertz CT molecular complexity index is 208. The van der Waals surface area contributed by atoms with Crippen LogP contribution >= 0.6 is 11.8 Å². The minimum absolute atomic E-state index is 0.543. The summed E-state index contributed by atoms with van der Waals surface area (Å²) >= 11 is 1.83. The number of carboxylic acids is 1. The van der Waals surface area contributed by atoms with E-state index >= 15 is 0 Å². The van der Waals surface area contributed by atoms with E-state index in [-0.39, 0.29) is 0 Å². The Morgan fingerprint density at radius 1 is 1.73 bits per heavy atom.